The van der Waals surface area contributed by atoms with Crippen molar-refractivity contribution in [1.29, 1.82) is 0 Å². The summed E-state index contributed by atoms with van der Waals surface area (Å²) in [5.74, 6) is -0.374. The molecule has 3 aromatic carbocycles. The Balaban J connectivity index is 1.51. The van der Waals surface area contributed by atoms with Crippen molar-refractivity contribution < 1.29 is 18.7 Å². The van der Waals surface area contributed by atoms with E-state index in [4.69, 9.17) is 4.74 Å². The van der Waals surface area contributed by atoms with Gasteiger partial charge in [-0.15, -0.1) is 0 Å². The van der Waals surface area contributed by atoms with Crippen LogP contribution in [0.25, 0.3) is 0 Å². The second-order valence-corrected chi connectivity index (χ2v) is 6.49. The zero-order valence-corrected chi connectivity index (χ0v) is 15.9. The highest BCUT2D eigenvalue weighted by molar-refractivity contribution is 6.00. The predicted octanol–water partition coefficient (Wildman–Crippen LogP) is 4.08. The molecule has 2 amide bonds. The van der Waals surface area contributed by atoms with Crippen molar-refractivity contribution in [2.75, 3.05) is 11.9 Å². The molecule has 0 aliphatic carbocycles. The molecule has 29 heavy (non-hydrogen) atoms. The SMILES string of the molecule is Cc1ccccc1C(=O)NCC(=O)Nc1cccc(OCc2ccc(F)cc2)c1. The zero-order valence-electron chi connectivity index (χ0n) is 15.9. The second-order valence-electron chi connectivity index (χ2n) is 6.49. The molecule has 148 valence electrons. The Morgan fingerprint density at radius 1 is 0.966 bits per heavy atom. The van der Waals surface area contributed by atoms with Crippen LogP contribution in [0.3, 0.4) is 0 Å². The number of anilines is 1. The van der Waals surface area contributed by atoms with Crippen molar-refractivity contribution in [1.82, 2.24) is 5.32 Å². The van der Waals surface area contributed by atoms with Crippen LogP contribution in [-0.2, 0) is 11.4 Å². The number of ether oxygens (including phenoxy) is 1. The maximum Gasteiger partial charge on any atom is 0.251 e. The van der Waals surface area contributed by atoms with Crippen molar-refractivity contribution >= 4 is 17.5 Å². The number of halogens is 1. The van der Waals surface area contributed by atoms with Crippen LogP contribution >= 0.6 is 0 Å². The molecule has 0 radical (unpaired) electrons. The van der Waals surface area contributed by atoms with E-state index in [0.29, 0.717) is 17.0 Å². The lowest BCUT2D eigenvalue weighted by atomic mass is 10.1. The summed E-state index contributed by atoms with van der Waals surface area (Å²) in [6.45, 7) is 1.98. The Bertz CT molecular complexity index is 1000. The largest absolute Gasteiger partial charge is 0.489 e. The lowest BCUT2D eigenvalue weighted by Gasteiger charge is -2.10. The van der Waals surface area contributed by atoms with Gasteiger partial charge < -0.3 is 15.4 Å². The molecule has 5 nitrogen and oxygen atoms in total. The highest BCUT2D eigenvalue weighted by Crippen LogP contribution is 2.18. The van der Waals surface area contributed by atoms with Crippen molar-refractivity contribution in [2.24, 2.45) is 0 Å². The standard InChI is InChI=1S/C23H21FN2O3/c1-16-5-2-3-8-21(16)23(28)25-14-22(27)26-19-6-4-7-20(13-19)29-15-17-9-11-18(24)12-10-17/h2-13H,14-15H2,1H3,(H,25,28)(H,26,27). The van der Waals surface area contributed by atoms with Crippen molar-refractivity contribution in [3.8, 4) is 5.75 Å². The molecule has 0 aliphatic rings. The normalized spacial score (nSPS) is 10.3. The number of rotatable bonds is 7. The fourth-order valence-electron chi connectivity index (χ4n) is 2.70. The van der Waals surface area contributed by atoms with E-state index in [1.54, 1.807) is 48.5 Å². The van der Waals surface area contributed by atoms with Gasteiger partial charge in [-0.05, 0) is 48.4 Å². The van der Waals surface area contributed by atoms with Gasteiger partial charge in [0.2, 0.25) is 5.91 Å². The minimum atomic E-state index is -0.345. The summed E-state index contributed by atoms with van der Waals surface area (Å²) in [5, 5.41) is 5.34. The first kappa shape index (κ1) is 20.1. The highest BCUT2D eigenvalue weighted by Gasteiger charge is 2.10. The maximum atomic E-state index is 12.9. The Morgan fingerprint density at radius 2 is 1.72 bits per heavy atom. The summed E-state index contributed by atoms with van der Waals surface area (Å²) >= 11 is 0. The van der Waals surface area contributed by atoms with Crippen LogP contribution in [0.15, 0.2) is 72.8 Å². The van der Waals surface area contributed by atoms with E-state index < -0.39 is 0 Å². The predicted molar refractivity (Wildman–Crippen MR) is 109 cm³/mol. The summed E-state index contributed by atoms with van der Waals surface area (Å²) in [6, 6.07) is 20.2. The zero-order chi connectivity index (χ0) is 20.6. The molecule has 0 atom stereocenters. The Kier molecular flexibility index (Phi) is 6.58. The summed E-state index contributed by atoms with van der Waals surface area (Å²) in [5.41, 5.74) is 2.77. The van der Waals surface area contributed by atoms with Gasteiger partial charge in [0.05, 0.1) is 6.54 Å². The number of hydrogen-bond acceptors (Lipinski definition) is 3. The number of carbonyl (C=O) groups is 2. The van der Waals surface area contributed by atoms with Gasteiger partial charge in [-0.25, -0.2) is 4.39 Å². The molecule has 0 aliphatic heterocycles. The molecule has 6 heteroatoms. The van der Waals surface area contributed by atoms with E-state index in [2.05, 4.69) is 10.6 Å². The van der Waals surface area contributed by atoms with E-state index in [1.165, 1.54) is 12.1 Å². The topological polar surface area (TPSA) is 67.4 Å². The quantitative estimate of drug-likeness (QED) is 0.637. The van der Waals surface area contributed by atoms with Gasteiger partial charge in [-0.3, -0.25) is 9.59 Å². The molecule has 0 bridgehead atoms. The van der Waals surface area contributed by atoms with Crippen LogP contribution in [-0.4, -0.2) is 18.4 Å². The number of nitrogens with one attached hydrogen (secondary N) is 2. The van der Waals surface area contributed by atoms with E-state index >= 15 is 0 Å². The molecule has 0 heterocycles. The molecule has 0 saturated carbocycles. The molecule has 3 rings (SSSR count). The van der Waals surface area contributed by atoms with E-state index in [9.17, 15) is 14.0 Å². The number of aryl methyl sites for hydroxylation is 1. The van der Waals surface area contributed by atoms with Crippen LogP contribution in [0.2, 0.25) is 0 Å². The summed E-state index contributed by atoms with van der Waals surface area (Å²) in [4.78, 5) is 24.3. The first-order chi connectivity index (χ1) is 14.0. The minimum absolute atomic E-state index is 0.145. The molecule has 0 spiro atoms. The van der Waals surface area contributed by atoms with E-state index in [-0.39, 0.29) is 30.8 Å². The first-order valence-electron chi connectivity index (χ1n) is 9.12. The molecular weight excluding hydrogens is 371 g/mol. The van der Waals surface area contributed by atoms with Gasteiger partial charge in [0.15, 0.2) is 0 Å². The molecular formula is C23H21FN2O3. The van der Waals surface area contributed by atoms with Crippen molar-refractivity contribution in [2.45, 2.75) is 13.5 Å². The number of amides is 2. The van der Waals surface area contributed by atoms with Gasteiger partial charge in [-0.2, -0.15) is 0 Å². The summed E-state index contributed by atoms with van der Waals surface area (Å²) in [7, 11) is 0. The third kappa shape index (κ3) is 5.90. The first-order valence-corrected chi connectivity index (χ1v) is 9.12. The molecule has 0 unspecified atom stereocenters. The third-order valence-corrected chi connectivity index (χ3v) is 4.24. The highest BCUT2D eigenvalue weighted by atomic mass is 19.1. The van der Waals surface area contributed by atoms with Gasteiger partial charge >= 0.3 is 0 Å². The van der Waals surface area contributed by atoms with Gasteiger partial charge in [0, 0.05) is 17.3 Å². The van der Waals surface area contributed by atoms with Gasteiger partial charge in [0.1, 0.15) is 18.2 Å². The lowest BCUT2D eigenvalue weighted by Crippen LogP contribution is -2.33. The summed E-state index contributed by atoms with van der Waals surface area (Å²) in [6.07, 6.45) is 0. The average molecular weight is 392 g/mol. The molecule has 2 N–H and O–H groups in total. The lowest BCUT2D eigenvalue weighted by molar-refractivity contribution is -0.115. The fourth-order valence-corrected chi connectivity index (χ4v) is 2.70. The van der Waals surface area contributed by atoms with E-state index in [1.807, 2.05) is 19.1 Å². The molecule has 0 fully saturated rings. The average Bonchev–Trinajstić information content (AvgIpc) is 2.72. The van der Waals surface area contributed by atoms with Crippen molar-refractivity contribution in [3.63, 3.8) is 0 Å². The summed E-state index contributed by atoms with van der Waals surface area (Å²) < 4.78 is 18.6. The van der Waals surface area contributed by atoms with E-state index in [0.717, 1.165) is 11.1 Å². The Morgan fingerprint density at radius 3 is 2.48 bits per heavy atom. The van der Waals surface area contributed by atoms with Crippen LogP contribution in [0.1, 0.15) is 21.5 Å². The van der Waals surface area contributed by atoms with Crippen LogP contribution in [0.5, 0.6) is 5.75 Å². The minimum Gasteiger partial charge on any atom is -0.489 e. The molecule has 3 aromatic rings. The Hall–Kier alpha value is -3.67. The van der Waals surface area contributed by atoms with Gasteiger partial charge in [-0.1, -0.05) is 36.4 Å². The fraction of sp³-hybridized carbons (Fsp3) is 0.130. The van der Waals surface area contributed by atoms with Crippen LogP contribution in [0, 0.1) is 12.7 Å². The maximum absolute atomic E-state index is 12.9. The third-order valence-electron chi connectivity index (χ3n) is 4.24. The van der Waals surface area contributed by atoms with Gasteiger partial charge in [0.25, 0.3) is 5.91 Å². The Labute approximate surface area is 168 Å². The smallest absolute Gasteiger partial charge is 0.251 e. The van der Waals surface area contributed by atoms with Crippen LogP contribution < -0.4 is 15.4 Å². The second kappa shape index (κ2) is 9.50. The molecule has 0 aromatic heterocycles. The molecule has 0 saturated heterocycles. The van der Waals surface area contributed by atoms with Crippen LogP contribution in [0.4, 0.5) is 10.1 Å². The monoisotopic (exact) mass is 392 g/mol. The number of carbonyl (C=O) groups excluding carboxylic acids is 2. The van der Waals surface area contributed by atoms with Crippen molar-refractivity contribution in [3.05, 3.63) is 95.3 Å². The number of hydrogen-bond donors (Lipinski definition) is 2. The number of benzene rings is 3.